The predicted molar refractivity (Wildman–Crippen MR) is 120 cm³/mol. The highest BCUT2D eigenvalue weighted by Gasteiger charge is 2.15. The number of carbonyl (C=O) groups is 1. The second-order valence-electron chi connectivity index (χ2n) is 8.13. The number of benzene rings is 2. The summed E-state index contributed by atoms with van der Waals surface area (Å²) in [5.41, 5.74) is 1.76. The summed E-state index contributed by atoms with van der Waals surface area (Å²) < 4.78 is 11.1. The predicted octanol–water partition coefficient (Wildman–Crippen LogP) is 5.99. The number of aryl methyl sites for hydroxylation is 1. The zero-order valence-corrected chi connectivity index (χ0v) is 18.9. The van der Waals surface area contributed by atoms with E-state index in [0.29, 0.717) is 23.7 Å². The van der Waals surface area contributed by atoms with Gasteiger partial charge in [-0.05, 0) is 80.4 Å². The average Bonchev–Trinajstić information content (AvgIpc) is 2.69. The van der Waals surface area contributed by atoms with Gasteiger partial charge in [-0.15, -0.1) is 0 Å². The number of rotatable bonds is 12. The van der Waals surface area contributed by atoms with Crippen LogP contribution in [0.5, 0.6) is 11.5 Å². The van der Waals surface area contributed by atoms with Gasteiger partial charge in [0, 0.05) is 0 Å². The second kappa shape index (κ2) is 11.8. The van der Waals surface area contributed by atoms with Crippen molar-refractivity contribution in [2.45, 2.75) is 64.6 Å². The third kappa shape index (κ3) is 9.28. The van der Waals surface area contributed by atoms with E-state index in [1.54, 1.807) is 24.3 Å². The molecule has 1 N–H and O–H groups in total. The Kier molecular flexibility index (Phi) is 9.41. The van der Waals surface area contributed by atoms with Crippen LogP contribution in [-0.2, 0) is 6.42 Å². The Morgan fingerprint density at radius 3 is 2.17 bits per heavy atom. The first kappa shape index (κ1) is 23.2. The summed E-state index contributed by atoms with van der Waals surface area (Å²) in [5.74, 6) is 0.898. The molecule has 2 aromatic carbocycles. The van der Waals surface area contributed by atoms with Crippen molar-refractivity contribution >= 4 is 14.3 Å². The molecule has 0 saturated carbocycles. The minimum atomic E-state index is -2.01. The largest absolute Gasteiger partial charge is 0.494 e. The molecule has 2 rings (SSSR count). The van der Waals surface area contributed by atoms with E-state index in [4.69, 9.17) is 9.47 Å². The lowest BCUT2D eigenvalue weighted by molar-refractivity contribution is 0.0734. The lowest BCUT2D eigenvalue weighted by atomic mass is 10.1. The zero-order valence-electron chi connectivity index (χ0n) is 17.9. The fourth-order valence-corrected chi connectivity index (χ4v) is 4.04. The third-order valence-electron chi connectivity index (χ3n) is 4.74. The molecule has 0 aliphatic rings. The van der Waals surface area contributed by atoms with Crippen LogP contribution in [0.1, 0.15) is 54.9 Å². The number of hydrogen-bond acceptors (Lipinski definition) is 4. The van der Waals surface area contributed by atoms with Crippen LogP contribution in [0.2, 0.25) is 19.1 Å². The molecule has 0 heterocycles. The standard InChI is InChI=1S/C24H34O4Si/c1-4-5-6-7-9-20-10-14-23(15-11-20)28-24(25)21-12-16-22(17-13-21)27-18-8-19-29(2,3)26/h10-17,26H,4-9,18-19H2,1-3H3. The average molecular weight is 415 g/mol. The van der Waals surface area contributed by atoms with Gasteiger partial charge in [-0.2, -0.15) is 0 Å². The first-order valence-corrected chi connectivity index (χ1v) is 13.8. The zero-order chi connectivity index (χ0) is 21.1. The lowest BCUT2D eigenvalue weighted by Gasteiger charge is -2.13. The summed E-state index contributed by atoms with van der Waals surface area (Å²) in [7, 11) is -2.01. The summed E-state index contributed by atoms with van der Waals surface area (Å²) in [6.07, 6.45) is 6.87. The maximum Gasteiger partial charge on any atom is 0.343 e. The van der Waals surface area contributed by atoms with Gasteiger partial charge in [0.05, 0.1) is 12.2 Å². The van der Waals surface area contributed by atoms with E-state index in [2.05, 4.69) is 6.92 Å². The molecule has 0 saturated heterocycles. The van der Waals surface area contributed by atoms with Gasteiger partial charge in [0.2, 0.25) is 0 Å². The van der Waals surface area contributed by atoms with E-state index >= 15 is 0 Å². The molecule has 5 heteroatoms. The Hall–Kier alpha value is -2.11. The molecule has 29 heavy (non-hydrogen) atoms. The van der Waals surface area contributed by atoms with E-state index in [1.807, 2.05) is 37.4 Å². The van der Waals surface area contributed by atoms with E-state index in [1.165, 1.54) is 31.2 Å². The van der Waals surface area contributed by atoms with E-state index in [9.17, 15) is 9.59 Å². The van der Waals surface area contributed by atoms with Gasteiger partial charge in [0.15, 0.2) is 8.32 Å². The third-order valence-corrected chi connectivity index (χ3v) is 6.32. The summed E-state index contributed by atoms with van der Waals surface area (Å²) >= 11 is 0. The Bertz CT molecular complexity index is 733. The summed E-state index contributed by atoms with van der Waals surface area (Å²) in [6.45, 7) is 6.62. The molecule has 0 radical (unpaired) electrons. The van der Waals surface area contributed by atoms with Crippen molar-refractivity contribution in [1.82, 2.24) is 0 Å². The topological polar surface area (TPSA) is 55.8 Å². The van der Waals surface area contributed by atoms with Crippen molar-refractivity contribution in [3.05, 3.63) is 59.7 Å². The molecular formula is C24H34O4Si. The summed E-state index contributed by atoms with van der Waals surface area (Å²) in [4.78, 5) is 22.2. The van der Waals surface area contributed by atoms with Gasteiger partial charge < -0.3 is 14.3 Å². The van der Waals surface area contributed by atoms with Gasteiger partial charge in [0.25, 0.3) is 0 Å². The molecule has 0 amide bonds. The Labute approximate surface area is 176 Å². The summed E-state index contributed by atoms with van der Waals surface area (Å²) in [6, 6.07) is 15.6. The first-order valence-electron chi connectivity index (χ1n) is 10.6. The van der Waals surface area contributed by atoms with Crippen molar-refractivity contribution in [3.63, 3.8) is 0 Å². The SMILES string of the molecule is CCCCCCc1ccc(OC(=O)c2ccc(OCCC[Si](C)(C)O)cc2)cc1. The maximum atomic E-state index is 12.3. The smallest absolute Gasteiger partial charge is 0.343 e. The second-order valence-corrected chi connectivity index (χ2v) is 12.3. The van der Waals surface area contributed by atoms with Gasteiger partial charge in [-0.1, -0.05) is 38.3 Å². The highest BCUT2D eigenvalue weighted by molar-refractivity contribution is 6.69. The van der Waals surface area contributed by atoms with Crippen LogP contribution in [0.3, 0.4) is 0 Å². The molecule has 4 nitrogen and oxygen atoms in total. The molecule has 0 atom stereocenters. The molecule has 0 unspecified atom stereocenters. The molecule has 0 aromatic heterocycles. The Morgan fingerprint density at radius 1 is 0.897 bits per heavy atom. The van der Waals surface area contributed by atoms with Crippen molar-refractivity contribution in [2.75, 3.05) is 6.61 Å². The van der Waals surface area contributed by atoms with Crippen LogP contribution in [0.25, 0.3) is 0 Å². The van der Waals surface area contributed by atoms with E-state index < -0.39 is 8.32 Å². The van der Waals surface area contributed by atoms with Crippen LogP contribution in [0, 0.1) is 0 Å². The highest BCUT2D eigenvalue weighted by Crippen LogP contribution is 2.18. The normalized spacial score (nSPS) is 11.3. The van der Waals surface area contributed by atoms with Crippen LogP contribution in [0.4, 0.5) is 0 Å². The summed E-state index contributed by atoms with van der Waals surface area (Å²) in [5, 5.41) is 0. The Balaban J connectivity index is 1.78. The van der Waals surface area contributed by atoms with Crippen LogP contribution in [0.15, 0.2) is 48.5 Å². The van der Waals surface area contributed by atoms with Gasteiger partial charge in [-0.3, -0.25) is 0 Å². The molecule has 2 aromatic rings. The highest BCUT2D eigenvalue weighted by atomic mass is 28.4. The van der Waals surface area contributed by atoms with Crippen LogP contribution < -0.4 is 9.47 Å². The Morgan fingerprint density at radius 2 is 1.55 bits per heavy atom. The molecule has 0 fully saturated rings. The molecular weight excluding hydrogens is 380 g/mol. The van der Waals surface area contributed by atoms with E-state index in [0.717, 1.165) is 18.9 Å². The molecule has 0 aliphatic carbocycles. The van der Waals surface area contributed by atoms with Crippen molar-refractivity contribution < 1.29 is 19.1 Å². The monoisotopic (exact) mass is 414 g/mol. The van der Waals surface area contributed by atoms with Gasteiger partial charge in [0.1, 0.15) is 11.5 Å². The van der Waals surface area contributed by atoms with Gasteiger partial charge in [-0.25, -0.2) is 4.79 Å². The molecule has 0 spiro atoms. The lowest BCUT2D eigenvalue weighted by Crippen LogP contribution is -2.25. The number of hydrogen-bond donors (Lipinski definition) is 1. The molecule has 0 aliphatic heterocycles. The minimum absolute atomic E-state index is 0.375. The number of carbonyl (C=O) groups excluding carboxylic acids is 1. The van der Waals surface area contributed by atoms with Gasteiger partial charge >= 0.3 is 5.97 Å². The fraction of sp³-hybridized carbons (Fsp3) is 0.458. The van der Waals surface area contributed by atoms with Crippen molar-refractivity contribution in [3.8, 4) is 11.5 Å². The van der Waals surface area contributed by atoms with E-state index in [-0.39, 0.29) is 5.97 Å². The van der Waals surface area contributed by atoms with Crippen molar-refractivity contribution in [1.29, 1.82) is 0 Å². The number of unbranched alkanes of at least 4 members (excludes halogenated alkanes) is 3. The minimum Gasteiger partial charge on any atom is -0.494 e. The molecule has 158 valence electrons. The fourth-order valence-electron chi connectivity index (χ4n) is 3.03. The van der Waals surface area contributed by atoms with Crippen LogP contribution >= 0.6 is 0 Å². The number of ether oxygens (including phenoxy) is 2. The quantitative estimate of drug-likeness (QED) is 0.200. The number of esters is 1. The molecule has 0 bridgehead atoms. The van der Waals surface area contributed by atoms with Crippen molar-refractivity contribution in [2.24, 2.45) is 0 Å². The first-order chi connectivity index (χ1) is 13.9. The maximum absolute atomic E-state index is 12.3. The van der Waals surface area contributed by atoms with Crippen LogP contribution in [-0.4, -0.2) is 25.7 Å².